The van der Waals surface area contributed by atoms with Crippen LogP contribution in [-0.4, -0.2) is 9.97 Å². The number of aryl methyl sites for hydroxylation is 1. The smallest absolute Gasteiger partial charge is 0.166 e. The van der Waals surface area contributed by atoms with Gasteiger partial charge in [0, 0.05) is 27.8 Å². The Hall–Kier alpha value is -0.940. The summed E-state index contributed by atoms with van der Waals surface area (Å²) in [4.78, 5) is 8.28. The molecule has 2 aromatic rings. The summed E-state index contributed by atoms with van der Waals surface area (Å²) in [6.45, 7) is 2.40. The van der Waals surface area contributed by atoms with Crippen molar-refractivity contribution in [3.8, 4) is 5.75 Å². The molecule has 0 saturated carbocycles. The van der Waals surface area contributed by atoms with Crippen LogP contribution < -0.4 is 4.74 Å². The summed E-state index contributed by atoms with van der Waals surface area (Å²) in [5.41, 5.74) is 2.20. The molecule has 1 aromatic carbocycles. The predicted molar refractivity (Wildman–Crippen MR) is 77.9 cm³/mol. The highest BCUT2D eigenvalue weighted by molar-refractivity contribution is 9.10. The predicted octanol–water partition coefficient (Wildman–Crippen LogP) is 4.02. The molecule has 0 atom stereocenters. The third-order valence-electron chi connectivity index (χ3n) is 2.43. The molecule has 5 heteroatoms. The number of benzene rings is 1. The molecule has 2 rings (SSSR count). The van der Waals surface area contributed by atoms with Crippen molar-refractivity contribution in [1.29, 1.82) is 0 Å². The summed E-state index contributed by atoms with van der Waals surface area (Å²) in [7, 11) is 0. The summed E-state index contributed by atoms with van der Waals surface area (Å²) in [5.74, 6) is 1.57. The summed E-state index contributed by atoms with van der Waals surface area (Å²) in [6, 6.07) is 5.87. The Balaban J connectivity index is 2.19. The molecule has 0 amide bonds. The van der Waals surface area contributed by atoms with E-state index in [0.29, 0.717) is 12.4 Å². The van der Waals surface area contributed by atoms with Gasteiger partial charge in [-0.3, -0.25) is 0 Å². The van der Waals surface area contributed by atoms with Gasteiger partial charge in [-0.1, -0.05) is 31.9 Å². The molecule has 0 N–H and O–H groups in total. The topological polar surface area (TPSA) is 35.0 Å². The maximum atomic E-state index is 5.82. The number of hydrogen-bond acceptors (Lipinski definition) is 3. The first-order valence-corrected chi connectivity index (χ1v) is 7.36. The average Bonchev–Trinajstić information content (AvgIpc) is 2.38. The molecule has 1 aromatic heterocycles. The molecule has 0 aliphatic carbocycles. The third kappa shape index (κ3) is 3.29. The molecule has 0 unspecified atom stereocenters. The molecule has 1 heterocycles. The highest BCUT2D eigenvalue weighted by Gasteiger charge is 2.09. The van der Waals surface area contributed by atoms with Crippen LogP contribution in [0.15, 0.2) is 35.1 Å². The van der Waals surface area contributed by atoms with Crippen LogP contribution in [0.1, 0.15) is 17.0 Å². The van der Waals surface area contributed by atoms with Crippen molar-refractivity contribution in [3.63, 3.8) is 0 Å². The Labute approximate surface area is 123 Å². The lowest BCUT2D eigenvalue weighted by atomic mass is 10.1. The van der Waals surface area contributed by atoms with Crippen LogP contribution in [0.25, 0.3) is 0 Å². The van der Waals surface area contributed by atoms with Crippen molar-refractivity contribution in [1.82, 2.24) is 9.97 Å². The van der Waals surface area contributed by atoms with Crippen molar-refractivity contribution in [2.24, 2.45) is 0 Å². The third-order valence-corrected chi connectivity index (χ3v) is 3.49. The standard InChI is InChI=1S/C13H12Br2N2O/c1-9-5-11(15)6-10(7-14)13(9)18-8-12-16-3-2-4-17-12/h2-6H,7-8H2,1H3. The van der Waals surface area contributed by atoms with Gasteiger partial charge in [-0.15, -0.1) is 0 Å². The fourth-order valence-electron chi connectivity index (χ4n) is 1.65. The van der Waals surface area contributed by atoms with Gasteiger partial charge in [0.05, 0.1) is 0 Å². The van der Waals surface area contributed by atoms with Gasteiger partial charge in [0.2, 0.25) is 0 Å². The first kappa shape index (κ1) is 13.5. The van der Waals surface area contributed by atoms with Crippen LogP contribution in [-0.2, 0) is 11.9 Å². The molecule has 0 saturated heterocycles. The number of hydrogen-bond donors (Lipinski definition) is 0. The van der Waals surface area contributed by atoms with Gasteiger partial charge in [-0.25, -0.2) is 9.97 Å². The van der Waals surface area contributed by atoms with Gasteiger partial charge in [-0.05, 0) is 30.7 Å². The van der Waals surface area contributed by atoms with Crippen molar-refractivity contribution in [3.05, 3.63) is 52.0 Å². The SMILES string of the molecule is Cc1cc(Br)cc(CBr)c1OCc1ncccn1. The number of aromatic nitrogens is 2. The zero-order valence-corrected chi connectivity index (χ0v) is 13.0. The summed E-state index contributed by atoms with van der Waals surface area (Å²) in [6.07, 6.45) is 3.43. The van der Waals surface area contributed by atoms with E-state index in [1.165, 1.54) is 0 Å². The van der Waals surface area contributed by atoms with E-state index < -0.39 is 0 Å². The van der Waals surface area contributed by atoms with Gasteiger partial charge in [0.25, 0.3) is 0 Å². The number of halogens is 2. The quantitative estimate of drug-likeness (QED) is 0.761. The summed E-state index contributed by atoms with van der Waals surface area (Å²) < 4.78 is 6.88. The second-order valence-electron chi connectivity index (χ2n) is 3.80. The second kappa shape index (κ2) is 6.29. The molecule has 18 heavy (non-hydrogen) atoms. The second-order valence-corrected chi connectivity index (χ2v) is 5.27. The van der Waals surface area contributed by atoms with Crippen LogP contribution in [0, 0.1) is 6.92 Å². The van der Waals surface area contributed by atoms with E-state index in [-0.39, 0.29) is 0 Å². The minimum atomic E-state index is 0.378. The van der Waals surface area contributed by atoms with E-state index >= 15 is 0 Å². The fourth-order valence-corrected chi connectivity index (χ4v) is 2.68. The van der Waals surface area contributed by atoms with Gasteiger partial charge in [-0.2, -0.15) is 0 Å². The largest absolute Gasteiger partial charge is 0.485 e. The maximum Gasteiger partial charge on any atom is 0.166 e. The van der Waals surface area contributed by atoms with Crippen LogP contribution >= 0.6 is 31.9 Å². The van der Waals surface area contributed by atoms with E-state index in [1.54, 1.807) is 18.5 Å². The van der Waals surface area contributed by atoms with Gasteiger partial charge >= 0.3 is 0 Å². The van der Waals surface area contributed by atoms with Crippen molar-refractivity contribution in [2.75, 3.05) is 0 Å². The van der Waals surface area contributed by atoms with Crippen LogP contribution in [0.5, 0.6) is 5.75 Å². The lowest BCUT2D eigenvalue weighted by Crippen LogP contribution is -2.03. The normalized spacial score (nSPS) is 10.4. The maximum absolute atomic E-state index is 5.82. The number of ether oxygens (including phenoxy) is 1. The lowest BCUT2D eigenvalue weighted by Gasteiger charge is -2.13. The minimum absolute atomic E-state index is 0.378. The van der Waals surface area contributed by atoms with E-state index in [2.05, 4.69) is 41.8 Å². The molecule has 0 aliphatic rings. The molecular weight excluding hydrogens is 360 g/mol. The molecule has 94 valence electrons. The van der Waals surface area contributed by atoms with Crippen molar-refractivity contribution in [2.45, 2.75) is 18.9 Å². The minimum Gasteiger partial charge on any atom is -0.485 e. The molecule has 3 nitrogen and oxygen atoms in total. The van der Waals surface area contributed by atoms with Crippen LogP contribution in [0.2, 0.25) is 0 Å². The summed E-state index contributed by atoms with van der Waals surface area (Å²) in [5, 5.41) is 0.748. The Morgan fingerprint density at radius 2 is 1.94 bits per heavy atom. The van der Waals surface area contributed by atoms with E-state index in [4.69, 9.17) is 4.74 Å². The zero-order valence-electron chi connectivity index (χ0n) is 9.86. The van der Waals surface area contributed by atoms with E-state index in [0.717, 1.165) is 26.7 Å². The fraction of sp³-hybridized carbons (Fsp3) is 0.231. The molecule has 0 radical (unpaired) electrons. The summed E-state index contributed by atoms with van der Waals surface area (Å²) >= 11 is 6.95. The molecule has 0 spiro atoms. The first-order valence-electron chi connectivity index (χ1n) is 5.44. The number of nitrogens with zero attached hydrogens (tertiary/aromatic N) is 2. The van der Waals surface area contributed by atoms with Crippen molar-refractivity contribution >= 4 is 31.9 Å². The van der Waals surface area contributed by atoms with E-state index in [9.17, 15) is 0 Å². The van der Waals surface area contributed by atoms with Gasteiger partial charge in [0.1, 0.15) is 12.4 Å². The highest BCUT2D eigenvalue weighted by Crippen LogP contribution is 2.30. The lowest BCUT2D eigenvalue weighted by molar-refractivity contribution is 0.291. The first-order chi connectivity index (χ1) is 8.70. The number of rotatable bonds is 4. The van der Waals surface area contributed by atoms with Crippen LogP contribution in [0.4, 0.5) is 0 Å². The number of alkyl halides is 1. The highest BCUT2D eigenvalue weighted by atomic mass is 79.9. The molecular formula is C13H12Br2N2O. The Bertz CT molecular complexity index is 532. The van der Waals surface area contributed by atoms with Crippen LogP contribution in [0.3, 0.4) is 0 Å². The van der Waals surface area contributed by atoms with Crippen molar-refractivity contribution < 1.29 is 4.74 Å². The monoisotopic (exact) mass is 370 g/mol. The Morgan fingerprint density at radius 1 is 1.22 bits per heavy atom. The zero-order chi connectivity index (χ0) is 13.0. The van der Waals surface area contributed by atoms with E-state index in [1.807, 2.05) is 19.1 Å². The Morgan fingerprint density at radius 3 is 2.61 bits per heavy atom. The molecule has 0 bridgehead atoms. The molecule has 0 fully saturated rings. The van der Waals surface area contributed by atoms with Gasteiger partial charge < -0.3 is 4.74 Å². The Kier molecular flexibility index (Phi) is 4.72. The molecule has 0 aliphatic heterocycles. The average molecular weight is 372 g/mol. The van der Waals surface area contributed by atoms with Gasteiger partial charge in [0.15, 0.2) is 5.82 Å².